The van der Waals surface area contributed by atoms with Gasteiger partial charge in [-0.1, -0.05) is 6.07 Å². The van der Waals surface area contributed by atoms with Crippen LogP contribution < -0.4 is 4.74 Å². The summed E-state index contributed by atoms with van der Waals surface area (Å²) >= 11 is 0. The van der Waals surface area contributed by atoms with Crippen LogP contribution in [0.15, 0.2) is 18.2 Å². The summed E-state index contributed by atoms with van der Waals surface area (Å²) < 4.78 is 10.6. The third-order valence-corrected chi connectivity index (χ3v) is 5.83. The lowest BCUT2D eigenvalue weighted by molar-refractivity contribution is -0.128. The van der Waals surface area contributed by atoms with Gasteiger partial charge in [0, 0.05) is 39.8 Å². The molecule has 1 N–H and O–H groups in total. The normalized spacial score (nSPS) is 19.8. The lowest BCUT2D eigenvalue weighted by Crippen LogP contribution is -2.41. The maximum Gasteiger partial charge on any atom is 0.223 e. The summed E-state index contributed by atoms with van der Waals surface area (Å²) in [5.74, 6) is 1.05. The Hall–Kier alpha value is -1.79. The first-order valence-corrected chi connectivity index (χ1v) is 9.99. The Morgan fingerprint density at radius 3 is 2.74 bits per heavy atom. The molecule has 1 amide bonds. The molecular weight excluding hydrogens is 344 g/mol. The number of carbonyl (C=O) groups is 1. The molecule has 2 aliphatic heterocycles. The molecule has 0 atom stereocenters. The topological polar surface area (TPSA) is 62.2 Å². The third kappa shape index (κ3) is 4.93. The quantitative estimate of drug-likeness (QED) is 0.707. The van der Waals surface area contributed by atoms with E-state index in [0.29, 0.717) is 31.3 Å². The zero-order chi connectivity index (χ0) is 19.3. The van der Waals surface area contributed by atoms with E-state index in [-0.39, 0.29) is 11.2 Å². The van der Waals surface area contributed by atoms with Crippen LogP contribution in [-0.2, 0) is 16.1 Å². The Kier molecular flexibility index (Phi) is 6.60. The first-order valence-electron chi connectivity index (χ1n) is 9.99. The van der Waals surface area contributed by atoms with Crippen LogP contribution in [0.25, 0.3) is 0 Å². The summed E-state index contributed by atoms with van der Waals surface area (Å²) in [6.45, 7) is 7.73. The molecular formula is C21H32N2O4. The fraction of sp³-hybridized carbons (Fsp3) is 0.667. The number of benzene rings is 1. The van der Waals surface area contributed by atoms with E-state index in [0.717, 1.165) is 57.5 Å². The van der Waals surface area contributed by atoms with Gasteiger partial charge in [-0.2, -0.15) is 0 Å². The average molecular weight is 376 g/mol. The number of hydrogen-bond donors (Lipinski definition) is 1. The Bertz CT molecular complexity index is 641. The van der Waals surface area contributed by atoms with Gasteiger partial charge in [-0.15, -0.1) is 0 Å². The minimum absolute atomic E-state index is 0.159. The first-order chi connectivity index (χ1) is 13.0. The van der Waals surface area contributed by atoms with Crippen molar-refractivity contribution in [3.63, 3.8) is 0 Å². The largest absolute Gasteiger partial charge is 0.504 e. The molecule has 2 heterocycles. The van der Waals surface area contributed by atoms with E-state index in [2.05, 4.69) is 4.90 Å². The number of hydrogen-bond acceptors (Lipinski definition) is 5. The number of methoxy groups -OCH3 is 1. The Morgan fingerprint density at radius 1 is 1.26 bits per heavy atom. The maximum absolute atomic E-state index is 12.4. The van der Waals surface area contributed by atoms with Crippen LogP contribution in [0.3, 0.4) is 0 Å². The molecule has 27 heavy (non-hydrogen) atoms. The first kappa shape index (κ1) is 20.0. The highest BCUT2D eigenvalue weighted by molar-refractivity contribution is 5.79. The van der Waals surface area contributed by atoms with Crippen molar-refractivity contribution in [2.24, 2.45) is 5.41 Å². The molecule has 0 radical (unpaired) electrons. The molecule has 6 nitrogen and oxygen atoms in total. The van der Waals surface area contributed by atoms with E-state index in [1.54, 1.807) is 13.2 Å². The average Bonchev–Trinajstić information content (AvgIpc) is 2.96. The highest BCUT2D eigenvalue weighted by Gasteiger charge is 2.44. The third-order valence-electron chi connectivity index (χ3n) is 5.83. The molecule has 6 heteroatoms. The second-order valence-electron chi connectivity index (χ2n) is 7.85. The summed E-state index contributed by atoms with van der Waals surface area (Å²) in [4.78, 5) is 16.8. The summed E-state index contributed by atoms with van der Waals surface area (Å²) in [6.07, 6.45) is 3.74. The molecule has 0 saturated carbocycles. The Balaban J connectivity index is 1.52. The lowest BCUT2D eigenvalue weighted by atomic mass is 9.77. The number of nitrogens with zero attached hydrogens (tertiary/aromatic N) is 2. The van der Waals surface area contributed by atoms with E-state index < -0.39 is 0 Å². The van der Waals surface area contributed by atoms with Gasteiger partial charge in [-0.3, -0.25) is 9.69 Å². The molecule has 0 bridgehead atoms. The highest BCUT2D eigenvalue weighted by Crippen LogP contribution is 2.41. The van der Waals surface area contributed by atoms with Crippen molar-refractivity contribution in [2.75, 3.05) is 46.5 Å². The number of phenolic OH excluding ortho intramolecular Hbond substituents is 1. The second kappa shape index (κ2) is 8.93. The summed E-state index contributed by atoms with van der Waals surface area (Å²) in [6, 6.07) is 5.60. The molecule has 1 aromatic rings. The maximum atomic E-state index is 12.4. The lowest BCUT2D eigenvalue weighted by Gasteiger charge is -2.39. The van der Waals surface area contributed by atoms with Crippen LogP contribution >= 0.6 is 0 Å². The molecule has 3 rings (SSSR count). The fourth-order valence-corrected chi connectivity index (χ4v) is 4.29. The van der Waals surface area contributed by atoms with E-state index in [1.165, 1.54) is 0 Å². The van der Waals surface area contributed by atoms with Crippen molar-refractivity contribution in [1.82, 2.24) is 9.80 Å². The second-order valence-corrected chi connectivity index (χ2v) is 7.85. The predicted octanol–water partition coefficient (Wildman–Crippen LogP) is 2.64. The molecule has 0 aromatic heterocycles. The zero-order valence-electron chi connectivity index (χ0n) is 16.6. The van der Waals surface area contributed by atoms with Crippen LogP contribution in [0, 0.1) is 5.41 Å². The fourth-order valence-electron chi connectivity index (χ4n) is 4.29. The smallest absolute Gasteiger partial charge is 0.223 e. The molecule has 2 fully saturated rings. The van der Waals surface area contributed by atoms with E-state index >= 15 is 0 Å². The number of ether oxygens (including phenoxy) is 2. The number of piperidine rings is 1. The van der Waals surface area contributed by atoms with Gasteiger partial charge in [0.2, 0.25) is 5.91 Å². The van der Waals surface area contributed by atoms with Crippen molar-refractivity contribution in [2.45, 2.75) is 39.2 Å². The SMILES string of the molecule is CCOc1cc(CN2CCC3(CC2)CC(=O)N(CCCOC)C3)ccc1O. The van der Waals surface area contributed by atoms with Crippen molar-refractivity contribution in [1.29, 1.82) is 0 Å². The van der Waals surface area contributed by atoms with Gasteiger partial charge >= 0.3 is 0 Å². The minimum Gasteiger partial charge on any atom is -0.504 e. The van der Waals surface area contributed by atoms with Gasteiger partial charge in [0.05, 0.1) is 6.61 Å². The van der Waals surface area contributed by atoms with Gasteiger partial charge in [-0.05, 0) is 62.4 Å². The van der Waals surface area contributed by atoms with E-state index in [4.69, 9.17) is 9.47 Å². The van der Waals surface area contributed by atoms with E-state index in [1.807, 2.05) is 24.0 Å². The number of carbonyl (C=O) groups excluding carboxylic acids is 1. The van der Waals surface area contributed by atoms with Gasteiger partial charge in [0.1, 0.15) is 0 Å². The highest BCUT2D eigenvalue weighted by atomic mass is 16.5. The van der Waals surface area contributed by atoms with Crippen molar-refractivity contribution >= 4 is 5.91 Å². The molecule has 2 saturated heterocycles. The number of phenols is 1. The summed E-state index contributed by atoms with van der Waals surface area (Å²) in [7, 11) is 1.70. The molecule has 0 aliphatic carbocycles. The Labute approximate surface area is 162 Å². The summed E-state index contributed by atoms with van der Waals surface area (Å²) in [5, 5.41) is 9.86. The predicted molar refractivity (Wildman–Crippen MR) is 104 cm³/mol. The van der Waals surface area contributed by atoms with Gasteiger partial charge in [0.25, 0.3) is 0 Å². The van der Waals surface area contributed by atoms with Crippen LogP contribution in [0.5, 0.6) is 11.5 Å². The molecule has 1 spiro atoms. The monoisotopic (exact) mass is 376 g/mol. The van der Waals surface area contributed by atoms with Crippen molar-refractivity contribution in [3.8, 4) is 11.5 Å². The standard InChI is InChI=1S/C21H32N2O4/c1-3-27-19-13-17(5-6-18(19)24)15-22-10-7-21(8-11-22)14-20(25)23(16-21)9-4-12-26-2/h5-6,13,24H,3-4,7-12,14-16H2,1-2H3. The molecule has 1 aromatic carbocycles. The van der Waals surface area contributed by atoms with Crippen LogP contribution in [0.4, 0.5) is 0 Å². The van der Waals surface area contributed by atoms with Crippen molar-refractivity contribution < 1.29 is 19.4 Å². The molecule has 2 aliphatic rings. The van der Waals surface area contributed by atoms with Crippen LogP contribution in [0.2, 0.25) is 0 Å². The Morgan fingerprint density at radius 2 is 2.04 bits per heavy atom. The van der Waals surface area contributed by atoms with Gasteiger partial charge < -0.3 is 19.5 Å². The number of amides is 1. The number of likely N-dealkylation sites (tertiary alicyclic amines) is 2. The van der Waals surface area contributed by atoms with Crippen molar-refractivity contribution in [3.05, 3.63) is 23.8 Å². The van der Waals surface area contributed by atoms with E-state index in [9.17, 15) is 9.90 Å². The minimum atomic E-state index is 0.159. The van der Waals surface area contributed by atoms with Gasteiger partial charge in [0.15, 0.2) is 11.5 Å². The number of aromatic hydroxyl groups is 1. The summed E-state index contributed by atoms with van der Waals surface area (Å²) in [5.41, 5.74) is 1.31. The van der Waals surface area contributed by atoms with Crippen LogP contribution in [-0.4, -0.2) is 67.3 Å². The molecule has 150 valence electrons. The molecule has 0 unspecified atom stereocenters. The zero-order valence-corrected chi connectivity index (χ0v) is 16.6. The van der Waals surface area contributed by atoms with Crippen LogP contribution in [0.1, 0.15) is 38.2 Å². The van der Waals surface area contributed by atoms with Gasteiger partial charge in [-0.25, -0.2) is 0 Å². The number of rotatable bonds is 8.